The van der Waals surface area contributed by atoms with E-state index in [-0.39, 0.29) is 6.61 Å². The molecule has 0 aromatic heterocycles. The van der Waals surface area contributed by atoms with Crippen LogP contribution in [0.15, 0.2) is 0 Å². The quantitative estimate of drug-likeness (QED) is 0.462. The molecule has 0 radical (unpaired) electrons. The third-order valence-corrected chi connectivity index (χ3v) is 0.782. The van der Waals surface area contributed by atoms with Crippen LogP contribution in [0.2, 0.25) is 0 Å². The standard InChI is InChI=1S/C3H6O6S/c1-2-8-3(4)9-10(5,6)7/h2H2,1H3,(H,5,6,7). The van der Waals surface area contributed by atoms with Gasteiger partial charge in [-0.05, 0) is 6.92 Å². The molecule has 0 heterocycles. The summed E-state index contributed by atoms with van der Waals surface area (Å²) in [6.07, 6.45) is -1.44. The van der Waals surface area contributed by atoms with Gasteiger partial charge in [-0.1, -0.05) is 0 Å². The minimum atomic E-state index is -4.72. The Labute approximate surface area is 57.7 Å². The molecule has 6 nitrogen and oxygen atoms in total. The number of hydrogen-bond acceptors (Lipinski definition) is 5. The van der Waals surface area contributed by atoms with Crippen molar-refractivity contribution < 1.29 is 26.7 Å². The lowest BCUT2D eigenvalue weighted by Gasteiger charge is -1.97. The van der Waals surface area contributed by atoms with Gasteiger partial charge < -0.3 is 4.74 Å². The maximum atomic E-state index is 10.1. The first-order valence-electron chi connectivity index (χ1n) is 2.29. The topological polar surface area (TPSA) is 89.9 Å². The van der Waals surface area contributed by atoms with Crippen LogP contribution in [0.1, 0.15) is 6.92 Å². The second-order valence-corrected chi connectivity index (χ2v) is 2.22. The second-order valence-electron chi connectivity index (χ2n) is 1.19. The highest BCUT2D eigenvalue weighted by Gasteiger charge is 2.12. The van der Waals surface area contributed by atoms with Gasteiger partial charge in [-0.15, -0.1) is 0 Å². The highest BCUT2D eigenvalue weighted by atomic mass is 32.3. The summed E-state index contributed by atoms with van der Waals surface area (Å²) in [5.41, 5.74) is 0. The summed E-state index contributed by atoms with van der Waals surface area (Å²) in [5.74, 6) is 0. The predicted octanol–water partition coefficient (Wildman–Crippen LogP) is -0.0377. The highest BCUT2D eigenvalue weighted by molar-refractivity contribution is 7.81. The maximum Gasteiger partial charge on any atom is 0.525 e. The fourth-order valence-electron chi connectivity index (χ4n) is 0.228. The molecule has 7 heteroatoms. The first-order valence-corrected chi connectivity index (χ1v) is 3.66. The Morgan fingerprint density at radius 1 is 1.60 bits per heavy atom. The van der Waals surface area contributed by atoms with Gasteiger partial charge in [-0.2, -0.15) is 8.42 Å². The molecular formula is C3H6O6S. The van der Waals surface area contributed by atoms with Gasteiger partial charge in [0.15, 0.2) is 0 Å². The van der Waals surface area contributed by atoms with Crippen molar-refractivity contribution in [3.63, 3.8) is 0 Å². The Morgan fingerprint density at radius 2 is 2.10 bits per heavy atom. The van der Waals surface area contributed by atoms with Gasteiger partial charge in [0.05, 0.1) is 6.61 Å². The number of carbonyl (C=O) groups is 1. The third kappa shape index (κ3) is 5.32. The van der Waals surface area contributed by atoms with E-state index in [1.807, 2.05) is 0 Å². The molecule has 1 N–H and O–H groups in total. The molecule has 0 saturated carbocycles. The van der Waals surface area contributed by atoms with Gasteiger partial charge >= 0.3 is 16.6 Å². The zero-order valence-electron chi connectivity index (χ0n) is 5.10. The predicted molar refractivity (Wildman–Crippen MR) is 29.7 cm³/mol. The molecule has 0 unspecified atom stereocenters. The molecule has 0 aliphatic heterocycles. The van der Waals surface area contributed by atoms with E-state index in [0.29, 0.717) is 0 Å². The molecule has 0 aromatic rings. The van der Waals surface area contributed by atoms with Crippen LogP contribution in [0.25, 0.3) is 0 Å². The number of rotatable bonds is 2. The third-order valence-electron chi connectivity index (χ3n) is 0.436. The summed E-state index contributed by atoms with van der Waals surface area (Å²) in [5, 5.41) is 0. The first-order chi connectivity index (χ1) is 4.45. The molecule has 0 atom stereocenters. The molecule has 0 saturated heterocycles. The van der Waals surface area contributed by atoms with Crippen LogP contribution in [-0.4, -0.2) is 25.7 Å². The lowest BCUT2D eigenvalue weighted by molar-refractivity contribution is 0.102. The average molecular weight is 170 g/mol. The molecule has 10 heavy (non-hydrogen) atoms. The molecule has 0 aliphatic carbocycles. The van der Waals surface area contributed by atoms with Crippen molar-refractivity contribution in [1.29, 1.82) is 0 Å². The Balaban J connectivity index is 3.82. The summed E-state index contributed by atoms with van der Waals surface area (Å²) >= 11 is 0. The van der Waals surface area contributed by atoms with Crippen molar-refractivity contribution in [2.24, 2.45) is 0 Å². The normalized spacial score (nSPS) is 10.6. The van der Waals surface area contributed by atoms with Gasteiger partial charge in [0.1, 0.15) is 0 Å². The van der Waals surface area contributed by atoms with E-state index in [1.165, 1.54) is 6.92 Å². The van der Waals surface area contributed by atoms with E-state index >= 15 is 0 Å². The fraction of sp³-hybridized carbons (Fsp3) is 0.667. The summed E-state index contributed by atoms with van der Waals surface area (Å²) in [7, 11) is -4.72. The van der Waals surface area contributed by atoms with Crippen molar-refractivity contribution in [3.8, 4) is 0 Å². The Morgan fingerprint density at radius 3 is 2.40 bits per heavy atom. The van der Waals surface area contributed by atoms with E-state index < -0.39 is 16.6 Å². The summed E-state index contributed by atoms with van der Waals surface area (Å²) in [6, 6.07) is 0. The van der Waals surface area contributed by atoms with E-state index in [1.54, 1.807) is 0 Å². The fourth-order valence-corrected chi connectivity index (χ4v) is 0.448. The Bertz CT molecular complexity index is 203. The van der Waals surface area contributed by atoms with Gasteiger partial charge in [-0.3, -0.25) is 8.74 Å². The van der Waals surface area contributed by atoms with E-state index in [9.17, 15) is 13.2 Å². The van der Waals surface area contributed by atoms with Crippen LogP contribution in [0.5, 0.6) is 0 Å². The largest absolute Gasteiger partial charge is 0.525 e. The monoisotopic (exact) mass is 170 g/mol. The van der Waals surface area contributed by atoms with E-state index in [0.717, 1.165) is 0 Å². The van der Waals surface area contributed by atoms with Crippen LogP contribution in [-0.2, 0) is 19.3 Å². The summed E-state index contributed by atoms with van der Waals surface area (Å²) in [4.78, 5) is 10.1. The molecule has 0 rings (SSSR count). The molecule has 0 aliphatic rings. The van der Waals surface area contributed by atoms with Crippen LogP contribution < -0.4 is 0 Å². The molecule has 0 amide bonds. The number of hydrogen-bond donors (Lipinski definition) is 1. The lowest BCUT2D eigenvalue weighted by atomic mass is 10.9. The Hall–Kier alpha value is -0.820. The number of carbonyl (C=O) groups excluding carboxylic acids is 1. The van der Waals surface area contributed by atoms with Gasteiger partial charge in [-0.25, -0.2) is 4.79 Å². The SMILES string of the molecule is CCOC(=O)OS(=O)(=O)O. The second kappa shape index (κ2) is 3.37. The minimum absolute atomic E-state index is 0.0195. The van der Waals surface area contributed by atoms with Crippen molar-refractivity contribution in [2.45, 2.75) is 6.92 Å². The molecule has 0 bridgehead atoms. The van der Waals surface area contributed by atoms with Crippen molar-refractivity contribution in [1.82, 2.24) is 0 Å². The van der Waals surface area contributed by atoms with Crippen molar-refractivity contribution in [3.05, 3.63) is 0 Å². The molecule has 60 valence electrons. The van der Waals surface area contributed by atoms with Crippen LogP contribution >= 0.6 is 0 Å². The zero-order chi connectivity index (χ0) is 8.20. The maximum absolute atomic E-state index is 10.1. The zero-order valence-corrected chi connectivity index (χ0v) is 5.92. The lowest BCUT2D eigenvalue weighted by Crippen LogP contribution is -2.12. The van der Waals surface area contributed by atoms with Gasteiger partial charge in [0, 0.05) is 0 Å². The van der Waals surface area contributed by atoms with E-state index in [4.69, 9.17) is 4.55 Å². The highest BCUT2D eigenvalue weighted by Crippen LogP contribution is 1.90. The minimum Gasteiger partial charge on any atom is -0.434 e. The summed E-state index contributed by atoms with van der Waals surface area (Å²) < 4.78 is 34.7. The first kappa shape index (κ1) is 9.18. The average Bonchev–Trinajstić information content (AvgIpc) is 1.59. The summed E-state index contributed by atoms with van der Waals surface area (Å²) in [6.45, 7) is 1.44. The van der Waals surface area contributed by atoms with E-state index in [2.05, 4.69) is 8.92 Å². The molecule has 0 aromatic carbocycles. The Kier molecular flexibility index (Phi) is 3.10. The van der Waals surface area contributed by atoms with Crippen LogP contribution in [0.3, 0.4) is 0 Å². The molecule has 0 fully saturated rings. The molecular weight excluding hydrogens is 164 g/mol. The number of ether oxygens (including phenoxy) is 1. The van der Waals surface area contributed by atoms with Crippen molar-refractivity contribution >= 4 is 16.6 Å². The van der Waals surface area contributed by atoms with Crippen LogP contribution in [0.4, 0.5) is 4.79 Å². The van der Waals surface area contributed by atoms with Crippen molar-refractivity contribution in [2.75, 3.05) is 6.61 Å². The molecule has 0 spiro atoms. The smallest absolute Gasteiger partial charge is 0.434 e. The van der Waals surface area contributed by atoms with Gasteiger partial charge in [0.2, 0.25) is 0 Å². The van der Waals surface area contributed by atoms with Crippen LogP contribution in [0, 0.1) is 0 Å². The van der Waals surface area contributed by atoms with Gasteiger partial charge in [0.25, 0.3) is 0 Å².